The number of nitrogens with one attached hydrogen (secondary N) is 1. The van der Waals surface area contributed by atoms with Gasteiger partial charge in [-0.1, -0.05) is 26.0 Å². The van der Waals surface area contributed by atoms with Crippen LogP contribution in [0, 0.1) is 5.82 Å². The molecule has 1 atom stereocenters. The van der Waals surface area contributed by atoms with E-state index in [0.29, 0.717) is 17.9 Å². The second-order valence-corrected chi connectivity index (χ2v) is 8.35. The van der Waals surface area contributed by atoms with Crippen molar-refractivity contribution >= 4 is 9.84 Å². The van der Waals surface area contributed by atoms with E-state index in [0.717, 1.165) is 24.7 Å². The van der Waals surface area contributed by atoms with E-state index in [-0.39, 0.29) is 16.7 Å². The summed E-state index contributed by atoms with van der Waals surface area (Å²) < 4.78 is 41.9. The number of hydrogen-bond donors (Lipinski definition) is 2. The largest absolute Gasteiger partial charge is 0.504 e. The van der Waals surface area contributed by atoms with Gasteiger partial charge in [0.2, 0.25) is 0 Å². The van der Waals surface area contributed by atoms with Gasteiger partial charge < -0.3 is 15.2 Å². The van der Waals surface area contributed by atoms with Gasteiger partial charge in [0.15, 0.2) is 21.3 Å². The van der Waals surface area contributed by atoms with Gasteiger partial charge in [-0.2, -0.15) is 0 Å². The number of rotatable bonds is 8. The Bertz CT molecular complexity index is 869. The number of halogens is 1. The Morgan fingerprint density at radius 2 is 1.79 bits per heavy atom. The van der Waals surface area contributed by atoms with Gasteiger partial charge in [-0.15, -0.1) is 0 Å². The van der Waals surface area contributed by atoms with Crippen LogP contribution in [0.2, 0.25) is 0 Å². The first kappa shape index (κ1) is 23.9. The molecular weight excluding hydrogens is 381 g/mol. The second-order valence-electron chi connectivity index (χ2n) is 6.36. The number of hydrogen-bond acceptors (Lipinski definition) is 5. The molecule has 0 aliphatic heterocycles. The topological polar surface area (TPSA) is 75.6 Å². The van der Waals surface area contributed by atoms with Crippen molar-refractivity contribution in [2.24, 2.45) is 0 Å². The molecule has 2 N–H and O–H groups in total. The third-order valence-corrected chi connectivity index (χ3v) is 5.29. The molecule has 2 rings (SSSR count). The lowest BCUT2D eigenvalue weighted by molar-refractivity contribution is 0.372. The van der Waals surface area contributed by atoms with Crippen molar-refractivity contribution in [2.45, 2.75) is 51.1 Å². The second kappa shape index (κ2) is 11.0. The third kappa shape index (κ3) is 7.13. The number of phenols is 1. The number of sulfone groups is 1. The monoisotopic (exact) mass is 411 g/mol. The fraction of sp³-hybridized carbons (Fsp3) is 0.429. The van der Waals surface area contributed by atoms with Crippen molar-refractivity contribution in [3.05, 3.63) is 53.3 Å². The number of aryl methyl sites for hydroxylation is 1. The van der Waals surface area contributed by atoms with Crippen LogP contribution in [0.15, 0.2) is 41.3 Å². The van der Waals surface area contributed by atoms with Crippen LogP contribution in [0.5, 0.6) is 11.5 Å². The highest BCUT2D eigenvalue weighted by Gasteiger charge is 2.14. The summed E-state index contributed by atoms with van der Waals surface area (Å²) in [6, 6.07) is 9.61. The standard InChI is InChI=1S/C19H24FNO4S.C2H6/c1-13(4-5-14-6-8-17(22)18(11-14)25-2)21-12-15-7-9-19(16(20)10-15)26(3,23)24;1-2/h6-11,13,21-22H,4-5,12H2,1-3H3;1-2H3. The van der Waals surface area contributed by atoms with E-state index in [1.54, 1.807) is 18.2 Å². The van der Waals surface area contributed by atoms with Crippen molar-refractivity contribution in [1.29, 1.82) is 0 Å². The van der Waals surface area contributed by atoms with Crippen LogP contribution in [0.4, 0.5) is 4.39 Å². The fourth-order valence-electron chi connectivity index (χ4n) is 2.61. The summed E-state index contributed by atoms with van der Waals surface area (Å²) in [5, 5.41) is 12.9. The average molecular weight is 412 g/mol. The zero-order valence-corrected chi connectivity index (χ0v) is 17.9. The third-order valence-electron chi connectivity index (χ3n) is 4.16. The molecule has 0 saturated heterocycles. The molecule has 0 radical (unpaired) electrons. The van der Waals surface area contributed by atoms with Gasteiger partial charge in [0.1, 0.15) is 10.7 Å². The van der Waals surface area contributed by atoms with Gasteiger partial charge in [-0.05, 0) is 55.2 Å². The highest BCUT2D eigenvalue weighted by atomic mass is 32.2. The predicted octanol–water partition coefficient (Wildman–Crippen LogP) is 4.08. The van der Waals surface area contributed by atoms with Crippen LogP contribution in [0.3, 0.4) is 0 Å². The number of ether oxygens (including phenoxy) is 1. The minimum atomic E-state index is -3.55. The maximum atomic E-state index is 13.9. The molecule has 0 spiro atoms. The molecule has 0 bridgehead atoms. The van der Waals surface area contributed by atoms with Gasteiger partial charge in [0, 0.05) is 18.8 Å². The Labute approximate surface area is 167 Å². The van der Waals surface area contributed by atoms with Crippen LogP contribution >= 0.6 is 0 Å². The number of methoxy groups -OCH3 is 1. The van der Waals surface area contributed by atoms with E-state index >= 15 is 0 Å². The van der Waals surface area contributed by atoms with Gasteiger partial charge in [-0.3, -0.25) is 0 Å². The van der Waals surface area contributed by atoms with Gasteiger partial charge in [0.25, 0.3) is 0 Å². The lowest BCUT2D eigenvalue weighted by Crippen LogP contribution is -2.26. The summed E-state index contributed by atoms with van der Waals surface area (Å²) in [4.78, 5) is -0.282. The maximum absolute atomic E-state index is 13.9. The molecule has 1 unspecified atom stereocenters. The van der Waals surface area contributed by atoms with Crippen LogP contribution in [-0.4, -0.2) is 32.9 Å². The molecule has 156 valence electrons. The number of phenolic OH excluding ortho intramolecular Hbond substituents is 1. The summed E-state index contributed by atoms with van der Waals surface area (Å²) in [7, 11) is -2.04. The molecule has 2 aromatic rings. The molecule has 7 heteroatoms. The zero-order chi connectivity index (χ0) is 21.3. The molecular formula is C21H30FNO4S. The molecule has 0 aliphatic carbocycles. The molecule has 0 amide bonds. The van der Waals surface area contributed by atoms with Gasteiger partial charge in [0.05, 0.1) is 7.11 Å². The van der Waals surface area contributed by atoms with Crippen molar-refractivity contribution in [3.63, 3.8) is 0 Å². The molecule has 2 aromatic carbocycles. The van der Waals surface area contributed by atoms with Crippen molar-refractivity contribution < 1.29 is 22.7 Å². The first-order valence-corrected chi connectivity index (χ1v) is 11.2. The van der Waals surface area contributed by atoms with E-state index in [4.69, 9.17) is 4.74 Å². The normalized spacial score (nSPS) is 12.1. The smallest absolute Gasteiger partial charge is 0.178 e. The quantitative estimate of drug-likeness (QED) is 0.685. The highest BCUT2D eigenvalue weighted by Crippen LogP contribution is 2.26. The van der Waals surface area contributed by atoms with E-state index in [1.807, 2.05) is 26.8 Å². The van der Waals surface area contributed by atoms with Crippen molar-refractivity contribution in [2.75, 3.05) is 13.4 Å². The van der Waals surface area contributed by atoms with Gasteiger partial charge in [-0.25, -0.2) is 12.8 Å². The van der Waals surface area contributed by atoms with E-state index in [2.05, 4.69) is 5.32 Å². The molecule has 28 heavy (non-hydrogen) atoms. The Morgan fingerprint density at radius 3 is 2.36 bits per heavy atom. The molecule has 0 aromatic heterocycles. The minimum absolute atomic E-state index is 0.113. The summed E-state index contributed by atoms with van der Waals surface area (Å²) in [5.41, 5.74) is 1.74. The highest BCUT2D eigenvalue weighted by molar-refractivity contribution is 7.90. The Hall–Kier alpha value is -2.12. The average Bonchev–Trinajstić information content (AvgIpc) is 2.66. The van der Waals surface area contributed by atoms with Crippen LogP contribution in [-0.2, 0) is 22.8 Å². The first-order chi connectivity index (χ1) is 13.2. The summed E-state index contributed by atoms with van der Waals surface area (Å²) in [6.45, 7) is 6.47. The minimum Gasteiger partial charge on any atom is -0.504 e. The Balaban J connectivity index is 0.00000190. The maximum Gasteiger partial charge on any atom is 0.178 e. The molecule has 5 nitrogen and oxygen atoms in total. The van der Waals surface area contributed by atoms with Crippen LogP contribution in [0.25, 0.3) is 0 Å². The summed E-state index contributed by atoms with van der Waals surface area (Å²) >= 11 is 0. The van der Waals surface area contributed by atoms with Gasteiger partial charge >= 0.3 is 0 Å². The number of benzene rings is 2. The predicted molar refractivity (Wildman–Crippen MR) is 110 cm³/mol. The Kier molecular flexibility index (Phi) is 9.41. The number of aromatic hydroxyl groups is 1. The lowest BCUT2D eigenvalue weighted by atomic mass is 10.1. The van der Waals surface area contributed by atoms with Crippen LogP contribution < -0.4 is 10.1 Å². The van der Waals surface area contributed by atoms with Crippen LogP contribution in [0.1, 0.15) is 38.3 Å². The molecule has 0 aliphatic rings. The van der Waals surface area contributed by atoms with E-state index in [1.165, 1.54) is 19.2 Å². The Morgan fingerprint density at radius 1 is 1.14 bits per heavy atom. The summed E-state index contributed by atoms with van der Waals surface area (Å²) in [6.07, 6.45) is 2.63. The zero-order valence-electron chi connectivity index (χ0n) is 17.1. The molecule has 0 fully saturated rings. The lowest BCUT2D eigenvalue weighted by Gasteiger charge is -2.15. The molecule has 0 saturated carbocycles. The SMILES string of the molecule is CC.COc1cc(CCC(C)NCc2ccc(S(C)(=O)=O)c(F)c2)ccc1O. The fourth-order valence-corrected chi connectivity index (χ4v) is 3.34. The van der Waals surface area contributed by atoms with E-state index < -0.39 is 15.7 Å². The summed E-state index contributed by atoms with van der Waals surface area (Å²) in [5.74, 6) is -0.165. The van der Waals surface area contributed by atoms with Crippen molar-refractivity contribution in [1.82, 2.24) is 5.32 Å². The van der Waals surface area contributed by atoms with E-state index in [9.17, 15) is 17.9 Å². The molecule has 0 heterocycles. The first-order valence-electron chi connectivity index (χ1n) is 9.28. The van der Waals surface area contributed by atoms with Crippen molar-refractivity contribution in [3.8, 4) is 11.5 Å².